The number of rotatable bonds is 1. The third-order valence-corrected chi connectivity index (χ3v) is 7.16. The monoisotopic (exact) mass is 427 g/mol. The molecule has 0 amide bonds. The fourth-order valence-corrected chi connectivity index (χ4v) is 5.30. The van der Waals surface area contributed by atoms with Crippen LogP contribution in [0.4, 0.5) is 0 Å². The van der Waals surface area contributed by atoms with E-state index in [1.807, 2.05) is 0 Å². The van der Waals surface area contributed by atoms with Crippen LogP contribution in [0, 0.1) is 13.8 Å². The highest BCUT2D eigenvalue weighted by Crippen LogP contribution is 2.36. The van der Waals surface area contributed by atoms with Crippen molar-refractivity contribution in [3.05, 3.63) is 96.3 Å². The van der Waals surface area contributed by atoms with Gasteiger partial charge in [0.25, 0.3) is 5.82 Å². The lowest BCUT2D eigenvalue weighted by Crippen LogP contribution is -2.30. The Balaban J connectivity index is 1.57. The average Bonchev–Trinajstić information content (AvgIpc) is 3.28. The average molecular weight is 428 g/mol. The summed E-state index contributed by atoms with van der Waals surface area (Å²) in [6.07, 6.45) is 0. The summed E-state index contributed by atoms with van der Waals surface area (Å²) in [5.74, 6) is 1.20. The topological polar surface area (TPSA) is 21.9 Å². The molecule has 3 heteroatoms. The van der Waals surface area contributed by atoms with Crippen molar-refractivity contribution >= 4 is 54.5 Å². The van der Waals surface area contributed by atoms with Crippen molar-refractivity contribution in [2.75, 3.05) is 0 Å². The summed E-state index contributed by atoms with van der Waals surface area (Å²) in [6, 6.07) is 30.5. The van der Waals surface area contributed by atoms with Crippen LogP contribution in [-0.4, -0.2) is 4.57 Å². The Morgan fingerprint density at radius 2 is 1.27 bits per heavy atom. The zero-order valence-electron chi connectivity index (χ0n) is 18.9. The van der Waals surface area contributed by atoms with Gasteiger partial charge in [-0.15, -0.1) is 0 Å². The van der Waals surface area contributed by atoms with Gasteiger partial charge >= 0.3 is 0 Å². The predicted octanol–water partition coefficient (Wildman–Crippen LogP) is 7.28. The lowest BCUT2D eigenvalue weighted by atomic mass is 10.0. The zero-order chi connectivity index (χ0) is 22.3. The molecule has 0 saturated carbocycles. The van der Waals surface area contributed by atoms with Crippen LogP contribution in [0.2, 0.25) is 0 Å². The molecule has 0 aliphatic rings. The molecule has 7 rings (SSSR count). The van der Waals surface area contributed by atoms with Crippen LogP contribution >= 0.6 is 0 Å². The highest BCUT2D eigenvalue weighted by atomic mass is 16.3. The molecule has 5 aromatic carbocycles. The van der Waals surface area contributed by atoms with Crippen molar-refractivity contribution in [3.8, 4) is 5.69 Å². The molecule has 0 aliphatic heterocycles. The molecule has 0 bridgehead atoms. The molecule has 0 aliphatic carbocycles. The number of para-hydroxylation sites is 1. The van der Waals surface area contributed by atoms with E-state index in [1.54, 1.807) is 0 Å². The highest BCUT2D eigenvalue weighted by Gasteiger charge is 2.23. The van der Waals surface area contributed by atoms with Crippen molar-refractivity contribution in [3.63, 3.8) is 0 Å². The SMILES string of the molecule is Cc1ccccc1-n1c(C)[n+](C)c2cc3cc4c(cc3cc21)oc1cc2ccccc2cc14. The molecule has 0 radical (unpaired) electrons. The van der Waals surface area contributed by atoms with Gasteiger partial charge in [0.15, 0.2) is 11.0 Å². The molecule has 0 fully saturated rings. The maximum absolute atomic E-state index is 6.33. The zero-order valence-corrected chi connectivity index (χ0v) is 18.9. The molecule has 2 aromatic heterocycles. The van der Waals surface area contributed by atoms with Crippen molar-refractivity contribution in [1.29, 1.82) is 0 Å². The molecule has 2 heterocycles. The second kappa shape index (κ2) is 6.46. The van der Waals surface area contributed by atoms with Gasteiger partial charge in [0.05, 0.1) is 7.05 Å². The normalized spacial score (nSPS) is 12.1. The van der Waals surface area contributed by atoms with Gasteiger partial charge in [-0.25, -0.2) is 4.57 Å². The van der Waals surface area contributed by atoms with E-state index in [0.29, 0.717) is 0 Å². The molecule has 0 N–H and O–H groups in total. The van der Waals surface area contributed by atoms with E-state index in [9.17, 15) is 0 Å². The Bertz CT molecular complexity index is 1900. The molecular formula is C30H23N2O+. The van der Waals surface area contributed by atoms with Crippen molar-refractivity contribution < 1.29 is 8.98 Å². The molecule has 158 valence electrons. The molecule has 7 aromatic rings. The third-order valence-electron chi connectivity index (χ3n) is 7.16. The number of aryl methyl sites for hydroxylation is 2. The van der Waals surface area contributed by atoms with E-state index in [4.69, 9.17) is 4.42 Å². The number of benzene rings is 5. The smallest absolute Gasteiger partial charge is 0.259 e. The van der Waals surface area contributed by atoms with Crippen LogP contribution in [0.15, 0.2) is 89.3 Å². The molecule has 3 nitrogen and oxygen atoms in total. The van der Waals surface area contributed by atoms with Crippen LogP contribution < -0.4 is 4.57 Å². The molecule has 33 heavy (non-hydrogen) atoms. The summed E-state index contributed by atoms with van der Waals surface area (Å²) in [5, 5.41) is 7.19. The Morgan fingerprint density at radius 1 is 0.667 bits per heavy atom. The first-order chi connectivity index (χ1) is 16.1. The maximum atomic E-state index is 6.33. The second-order valence-electron chi connectivity index (χ2n) is 9.06. The molecule has 0 spiro atoms. The maximum Gasteiger partial charge on any atom is 0.259 e. The summed E-state index contributed by atoms with van der Waals surface area (Å²) in [6.45, 7) is 4.35. The van der Waals surface area contributed by atoms with Gasteiger partial charge in [-0.3, -0.25) is 0 Å². The largest absolute Gasteiger partial charge is 0.456 e. The summed E-state index contributed by atoms with van der Waals surface area (Å²) < 4.78 is 11.0. The van der Waals surface area contributed by atoms with Crippen LogP contribution in [0.3, 0.4) is 0 Å². The third kappa shape index (κ3) is 2.53. The number of imidazole rings is 1. The molecule has 0 atom stereocenters. The number of hydrogen-bond acceptors (Lipinski definition) is 1. The number of hydrogen-bond donors (Lipinski definition) is 0. The first kappa shape index (κ1) is 18.5. The summed E-state index contributed by atoms with van der Waals surface area (Å²) >= 11 is 0. The van der Waals surface area contributed by atoms with Gasteiger partial charge in [0.1, 0.15) is 16.9 Å². The fraction of sp³-hybridized carbons (Fsp3) is 0.100. The Labute approximate surface area is 191 Å². The van der Waals surface area contributed by atoms with Gasteiger partial charge in [-0.2, -0.15) is 4.57 Å². The first-order valence-electron chi connectivity index (χ1n) is 11.3. The van der Waals surface area contributed by atoms with E-state index in [0.717, 1.165) is 11.2 Å². The Morgan fingerprint density at radius 3 is 2.03 bits per heavy atom. The summed E-state index contributed by atoms with van der Waals surface area (Å²) in [7, 11) is 2.15. The van der Waals surface area contributed by atoms with E-state index >= 15 is 0 Å². The van der Waals surface area contributed by atoms with Gasteiger partial charge in [-0.05, 0) is 76.5 Å². The van der Waals surface area contributed by atoms with Gasteiger partial charge in [0.2, 0.25) is 0 Å². The fourth-order valence-electron chi connectivity index (χ4n) is 5.30. The minimum absolute atomic E-state index is 0.933. The van der Waals surface area contributed by atoms with E-state index in [1.165, 1.54) is 60.4 Å². The van der Waals surface area contributed by atoms with Crippen molar-refractivity contribution in [1.82, 2.24) is 4.57 Å². The standard InChI is InChI=1S/C30H23N2O/c1-18-8-4-7-11-26(18)32-19(2)31(3)27-14-22-13-25-24-12-20-9-5-6-10-21(20)16-29(24)33-30(25)17-23(22)15-28(27)32/h4-17H,1-3H3/q+1. The lowest BCUT2D eigenvalue weighted by molar-refractivity contribution is -0.652. The Kier molecular flexibility index (Phi) is 3.61. The number of furan rings is 1. The summed E-state index contributed by atoms with van der Waals surface area (Å²) in [5.41, 5.74) is 6.78. The molecule has 0 unspecified atom stereocenters. The molecular weight excluding hydrogens is 404 g/mol. The minimum Gasteiger partial charge on any atom is -0.456 e. The van der Waals surface area contributed by atoms with E-state index < -0.39 is 0 Å². The minimum atomic E-state index is 0.933. The van der Waals surface area contributed by atoms with Gasteiger partial charge in [-0.1, -0.05) is 42.5 Å². The predicted molar refractivity (Wildman–Crippen MR) is 136 cm³/mol. The van der Waals surface area contributed by atoms with Gasteiger partial charge < -0.3 is 4.42 Å². The first-order valence-corrected chi connectivity index (χ1v) is 11.3. The van der Waals surface area contributed by atoms with Crippen LogP contribution in [0.1, 0.15) is 11.4 Å². The van der Waals surface area contributed by atoms with E-state index in [2.05, 4.69) is 115 Å². The number of nitrogens with zero attached hydrogens (tertiary/aromatic N) is 2. The highest BCUT2D eigenvalue weighted by molar-refractivity contribution is 6.14. The number of aromatic nitrogens is 2. The second-order valence-corrected chi connectivity index (χ2v) is 9.06. The number of fused-ring (bicyclic) bond motifs is 6. The quantitative estimate of drug-likeness (QED) is 0.252. The Hall–Kier alpha value is -4.11. The van der Waals surface area contributed by atoms with Gasteiger partial charge in [0, 0.05) is 17.7 Å². The van der Waals surface area contributed by atoms with Crippen molar-refractivity contribution in [2.45, 2.75) is 13.8 Å². The van der Waals surface area contributed by atoms with Crippen LogP contribution in [0.25, 0.3) is 60.2 Å². The van der Waals surface area contributed by atoms with E-state index in [-0.39, 0.29) is 0 Å². The van der Waals surface area contributed by atoms with Crippen molar-refractivity contribution in [2.24, 2.45) is 7.05 Å². The lowest BCUT2D eigenvalue weighted by Gasteiger charge is -2.04. The summed E-state index contributed by atoms with van der Waals surface area (Å²) in [4.78, 5) is 0. The van der Waals surface area contributed by atoms with Crippen LogP contribution in [0.5, 0.6) is 0 Å². The van der Waals surface area contributed by atoms with Crippen LogP contribution in [-0.2, 0) is 7.05 Å². The molecule has 0 saturated heterocycles.